The number of rotatable bonds is 2. The summed E-state index contributed by atoms with van der Waals surface area (Å²) in [6.07, 6.45) is 1.66. The summed E-state index contributed by atoms with van der Waals surface area (Å²) in [7, 11) is 0. The van der Waals surface area contributed by atoms with Crippen LogP contribution >= 0.6 is 0 Å². The van der Waals surface area contributed by atoms with Gasteiger partial charge in [-0.2, -0.15) is 10.1 Å². The number of anilines is 1. The van der Waals surface area contributed by atoms with Gasteiger partial charge in [-0.05, 0) is 24.6 Å². The van der Waals surface area contributed by atoms with E-state index in [2.05, 4.69) is 10.1 Å². The molecule has 0 saturated heterocycles. The summed E-state index contributed by atoms with van der Waals surface area (Å²) >= 11 is 0. The zero-order chi connectivity index (χ0) is 13.2. The van der Waals surface area contributed by atoms with Gasteiger partial charge < -0.3 is 0 Å². The Morgan fingerprint density at radius 2 is 1.79 bits per heavy atom. The molecule has 2 heterocycles. The lowest BCUT2D eigenvalue weighted by Crippen LogP contribution is -2.26. The Morgan fingerprint density at radius 1 is 1.05 bits per heavy atom. The first kappa shape index (κ1) is 11.6. The number of hydrogen-bond acceptors (Lipinski definition) is 3. The third kappa shape index (κ3) is 2.01. The van der Waals surface area contributed by atoms with E-state index in [-0.39, 0.29) is 11.8 Å². The average molecular weight is 251 g/mol. The fraction of sp³-hybridized carbons (Fsp3) is 0.133. The van der Waals surface area contributed by atoms with Crippen molar-refractivity contribution in [2.45, 2.75) is 12.8 Å². The summed E-state index contributed by atoms with van der Waals surface area (Å²) in [5.41, 5.74) is 1.76. The van der Waals surface area contributed by atoms with Crippen molar-refractivity contribution in [3.63, 3.8) is 0 Å². The number of nitrogens with zero attached hydrogens (tertiary/aromatic N) is 3. The Kier molecular flexibility index (Phi) is 2.83. The number of hydrazone groups is 1. The molecule has 4 nitrogen and oxygen atoms in total. The maximum Gasteiger partial charge on any atom is 0.262 e. The zero-order valence-corrected chi connectivity index (χ0v) is 10.5. The molecule has 19 heavy (non-hydrogen) atoms. The van der Waals surface area contributed by atoms with Gasteiger partial charge in [0.05, 0.1) is 5.71 Å². The molecule has 0 fully saturated rings. The lowest BCUT2D eigenvalue weighted by molar-refractivity contribution is -0.118. The molecule has 1 aromatic carbocycles. The lowest BCUT2D eigenvalue weighted by atomic mass is 9.95. The van der Waals surface area contributed by atoms with E-state index < -0.39 is 0 Å². The molecule has 0 saturated carbocycles. The molecule has 1 aliphatic rings. The molecule has 2 aromatic rings. The molecular formula is C15H13N3O. The highest BCUT2D eigenvalue weighted by atomic mass is 16.2. The first-order valence-corrected chi connectivity index (χ1v) is 6.12. The summed E-state index contributed by atoms with van der Waals surface area (Å²) in [4.78, 5) is 16.7. The molecule has 0 bridgehead atoms. The maximum absolute atomic E-state index is 12.5. The molecule has 4 heteroatoms. The quantitative estimate of drug-likeness (QED) is 0.823. The van der Waals surface area contributed by atoms with Crippen molar-refractivity contribution in [3.8, 4) is 0 Å². The molecular weight excluding hydrogens is 238 g/mol. The van der Waals surface area contributed by atoms with E-state index in [0.717, 1.165) is 11.3 Å². The Morgan fingerprint density at radius 3 is 2.47 bits per heavy atom. The largest absolute Gasteiger partial charge is 0.271 e. The summed E-state index contributed by atoms with van der Waals surface area (Å²) in [5, 5.41) is 5.72. The van der Waals surface area contributed by atoms with Gasteiger partial charge in [0.1, 0.15) is 5.92 Å². The van der Waals surface area contributed by atoms with Gasteiger partial charge in [0.15, 0.2) is 5.82 Å². The van der Waals surface area contributed by atoms with Crippen LogP contribution in [-0.2, 0) is 4.79 Å². The van der Waals surface area contributed by atoms with Crippen molar-refractivity contribution < 1.29 is 4.79 Å². The first-order chi connectivity index (χ1) is 9.27. The number of hydrogen-bond donors (Lipinski definition) is 0. The van der Waals surface area contributed by atoms with Gasteiger partial charge in [0, 0.05) is 6.20 Å². The minimum absolute atomic E-state index is 0.0533. The Labute approximate surface area is 111 Å². The smallest absolute Gasteiger partial charge is 0.262 e. The van der Waals surface area contributed by atoms with Crippen LogP contribution in [0.25, 0.3) is 0 Å². The molecule has 1 aromatic heterocycles. The highest BCUT2D eigenvalue weighted by Crippen LogP contribution is 2.28. The third-order valence-corrected chi connectivity index (χ3v) is 3.13. The number of aromatic nitrogens is 1. The minimum atomic E-state index is -0.303. The second-order valence-corrected chi connectivity index (χ2v) is 4.42. The van der Waals surface area contributed by atoms with E-state index in [0.29, 0.717) is 5.82 Å². The van der Waals surface area contributed by atoms with Crippen LogP contribution in [0, 0.1) is 0 Å². The molecule has 94 valence electrons. The van der Waals surface area contributed by atoms with Crippen molar-refractivity contribution in [2.75, 3.05) is 5.01 Å². The minimum Gasteiger partial charge on any atom is -0.271 e. The van der Waals surface area contributed by atoms with Crippen LogP contribution in [0.3, 0.4) is 0 Å². The Balaban J connectivity index is 1.96. The van der Waals surface area contributed by atoms with E-state index in [1.165, 1.54) is 5.01 Å². The Bertz CT molecular complexity index is 622. The van der Waals surface area contributed by atoms with E-state index in [9.17, 15) is 4.79 Å². The van der Waals surface area contributed by atoms with Crippen LogP contribution in [0.2, 0.25) is 0 Å². The van der Waals surface area contributed by atoms with Gasteiger partial charge in [-0.1, -0.05) is 36.4 Å². The normalized spacial score (nSPS) is 18.6. The Hall–Kier alpha value is -2.49. The van der Waals surface area contributed by atoms with Gasteiger partial charge >= 0.3 is 0 Å². The maximum atomic E-state index is 12.5. The van der Waals surface area contributed by atoms with Crippen molar-refractivity contribution >= 4 is 17.4 Å². The average Bonchev–Trinajstić information content (AvgIpc) is 2.76. The molecule has 0 N–H and O–H groups in total. The second kappa shape index (κ2) is 4.65. The summed E-state index contributed by atoms with van der Waals surface area (Å²) in [6.45, 7) is 1.87. The van der Waals surface area contributed by atoms with Gasteiger partial charge in [-0.25, -0.2) is 4.98 Å². The van der Waals surface area contributed by atoms with Gasteiger partial charge in [-0.15, -0.1) is 0 Å². The molecule has 1 atom stereocenters. The summed E-state index contributed by atoms with van der Waals surface area (Å²) in [6, 6.07) is 15.1. The molecule has 1 amide bonds. The standard InChI is InChI=1S/C15H13N3O/c1-11-14(12-7-3-2-4-8-12)15(19)18(17-11)13-9-5-6-10-16-13/h2-10,14H,1H3. The SMILES string of the molecule is CC1=NN(c2ccccn2)C(=O)C1c1ccccc1. The number of benzene rings is 1. The van der Waals surface area contributed by atoms with Crippen LogP contribution in [0.15, 0.2) is 59.8 Å². The molecule has 3 rings (SSSR count). The summed E-state index contributed by atoms with van der Waals surface area (Å²) in [5.74, 6) is 0.205. The highest BCUT2D eigenvalue weighted by Gasteiger charge is 2.35. The van der Waals surface area contributed by atoms with E-state index in [4.69, 9.17) is 0 Å². The molecule has 1 unspecified atom stereocenters. The molecule has 0 aliphatic carbocycles. The van der Waals surface area contributed by atoms with Crippen molar-refractivity contribution in [3.05, 3.63) is 60.3 Å². The van der Waals surface area contributed by atoms with E-state index >= 15 is 0 Å². The first-order valence-electron chi connectivity index (χ1n) is 6.12. The van der Waals surface area contributed by atoms with E-state index in [1.54, 1.807) is 12.3 Å². The van der Waals surface area contributed by atoms with Crippen molar-refractivity contribution in [2.24, 2.45) is 5.10 Å². The fourth-order valence-electron chi connectivity index (χ4n) is 2.24. The van der Waals surface area contributed by atoms with Gasteiger partial charge in [0.2, 0.25) is 0 Å². The van der Waals surface area contributed by atoms with E-state index in [1.807, 2.05) is 49.4 Å². The predicted molar refractivity (Wildman–Crippen MR) is 74.0 cm³/mol. The van der Waals surface area contributed by atoms with Crippen LogP contribution in [-0.4, -0.2) is 16.6 Å². The van der Waals surface area contributed by atoms with Crippen LogP contribution in [0.5, 0.6) is 0 Å². The second-order valence-electron chi connectivity index (χ2n) is 4.42. The van der Waals surface area contributed by atoms with Crippen LogP contribution < -0.4 is 5.01 Å². The zero-order valence-electron chi connectivity index (χ0n) is 10.5. The van der Waals surface area contributed by atoms with Crippen molar-refractivity contribution in [1.82, 2.24) is 4.98 Å². The molecule has 0 radical (unpaired) electrons. The fourth-order valence-corrected chi connectivity index (χ4v) is 2.24. The lowest BCUT2D eigenvalue weighted by Gasteiger charge is -2.13. The molecule has 0 spiro atoms. The number of carbonyl (C=O) groups is 1. The summed E-state index contributed by atoms with van der Waals surface area (Å²) < 4.78 is 0. The van der Waals surface area contributed by atoms with Gasteiger partial charge in [0.25, 0.3) is 5.91 Å². The highest BCUT2D eigenvalue weighted by molar-refractivity contribution is 6.18. The topological polar surface area (TPSA) is 45.6 Å². The predicted octanol–water partition coefficient (Wildman–Crippen LogP) is 2.59. The number of pyridine rings is 1. The third-order valence-electron chi connectivity index (χ3n) is 3.13. The monoisotopic (exact) mass is 251 g/mol. The number of carbonyl (C=O) groups excluding carboxylic acids is 1. The van der Waals surface area contributed by atoms with Crippen LogP contribution in [0.4, 0.5) is 5.82 Å². The number of amides is 1. The van der Waals surface area contributed by atoms with Crippen LogP contribution in [0.1, 0.15) is 18.4 Å². The molecule has 1 aliphatic heterocycles. The van der Waals surface area contributed by atoms with Gasteiger partial charge in [-0.3, -0.25) is 4.79 Å². The van der Waals surface area contributed by atoms with Crippen molar-refractivity contribution in [1.29, 1.82) is 0 Å².